The summed E-state index contributed by atoms with van der Waals surface area (Å²) in [5, 5.41) is 0. The largest absolute Gasteiger partial charge is 0.497 e. The van der Waals surface area contributed by atoms with Gasteiger partial charge in [0, 0.05) is 22.9 Å². The van der Waals surface area contributed by atoms with E-state index in [0.29, 0.717) is 11.8 Å². The molecule has 0 spiro atoms. The summed E-state index contributed by atoms with van der Waals surface area (Å²) in [5.41, 5.74) is 5.56. The highest BCUT2D eigenvalue weighted by atomic mass is 35.5. The predicted molar refractivity (Wildman–Crippen MR) is 123 cm³/mol. The van der Waals surface area contributed by atoms with Crippen LogP contribution in [-0.4, -0.2) is 28.4 Å². The van der Waals surface area contributed by atoms with Crippen LogP contribution >= 0.6 is 23.2 Å². The van der Waals surface area contributed by atoms with Gasteiger partial charge >= 0.3 is 0 Å². The Hall–Kier alpha value is -2.56. The second-order valence-electron chi connectivity index (χ2n) is 6.57. The molecular formula is C24H24Cl2O4. The summed E-state index contributed by atoms with van der Waals surface area (Å²) in [6.07, 6.45) is 0. The molecule has 0 fully saturated rings. The Morgan fingerprint density at radius 2 is 0.933 bits per heavy atom. The summed E-state index contributed by atoms with van der Waals surface area (Å²) in [5.74, 6) is 3.56. The first-order valence-electron chi connectivity index (χ1n) is 9.32. The molecule has 30 heavy (non-hydrogen) atoms. The zero-order valence-electron chi connectivity index (χ0n) is 17.4. The van der Waals surface area contributed by atoms with Crippen molar-refractivity contribution in [1.29, 1.82) is 0 Å². The zero-order chi connectivity index (χ0) is 21.7. The van der Waals surface area contributed by atoms with Gasteiger partial charge in [-0.2, -0.15) is 0 Å². The molecule has 0 bridgehead atoms. The third kappa shape index (κ3) is 4.30. The lowest BCUT2D eigenvalue weighted by Gasteiger charge is -2.19. The van der Waals surface area contributed by atoms with Crippen molar-refractivity contribution in [3.8, 4) is 45.3 Å². The van der Waals surface area contributed by atoms with E-state index in [9.17, 15) is 0 Å². The SMILES string of the molecule is COc1ccc(OC)c(-c2cc(CCl)c(-c3cc(OC)ccc3OC)cc2CCl)c1. The van der Waals surface area contributed by atoms with E-state index in [0.717, 1.165) is 56.4 Å². The molecule has 0 saturated carbocycles. The molecule has 0 atom stereocenters. The molecule has 6 heteroatoms. The Labute approximate surface area is 187 Å². The fourth-order valence-electron chi connectivity index (χ4n) is 3.46. The Morgan fingerprint density at radius 3 is 1.23 bits per heavy atom. The maximum Gasteiger partial charge on any atom is 0.126 e. The maximum atomic E-state index is 6.38. The number of halogens is 2. The molecule has 3 rings (SSSR count). The molecule has 158 valence electrons. The van der Waals surface area contributed by atoms with Crippen LogP contribution in [0.3, 0.4) is 0 Å². The van der Waals surface area contributed by atoms with E-state index in [1.165, 1.54) is 0 Å². The molecular weight excluding hydrogens is 423 g/mol. The van der Waals surface area contributed by atoms with Crippen LogP contribution in [0, 0.1) is 0 Å². The molecule has 0 aliphatic heterocycles. The Morgan fingerprint density at radius 1 is 0.533 bits per heavy atom. The lowest BCUT2D eigenvalue weighted by molar-refractivity contribution is 0.404. The maximum absolute atomic E-state index is 6.38. The lowest BCUT2D eigenvalue weighted by atomic mass is 9.91. The molecule has 0 aliphatic carbocycles. The molecule has 0 amide bonds. The molecule has 3 aromatic carbocycles. The fraction of sp³-hybridized carbons (Fsp3) is 0.250. The van der Waals surface area contributed by atoms with Crippen LogP contribution in [0.1, 0.15) is 11.1 Å². The van der Waals surface area contributed by atoms with E-state index in [2.05, 4.69) is 12.1 Å². The van der Waals surface area contributed by atoms with Gasteiger partial charge in [-0.3, -0.25) is 0 Å². The number of hydrogen-bond donors (Lipinski definition) is 0. The first-order chi connectivity index (χ1) is 14.6. The normalized spacial score (nSPS) is 10.6. The van der Waals surface area contributed by atoms with Crippen LogP contribution in [0.25, 0.3) is 22.3 Å². The number of rotatable bonds is 8. The van der Waals surface area contributed by atoms with Crippen molar-refractivity contribution in [2.75, 3.05) is 28.4 Å². The van der Waals surface area contributed by atoms with Crippen LogP contribution in [0.4, 0.5) is 0 Å². The summed E-state index contributed by atoms with van der Waals surface area (Å²) in [4.78, 5) is 0. The molecule has 0 unspecified atom stereocenters. The molecule has 0 N–H and O–H groups in total. The Bertz CT molecular complexity index is 951. The Kier molecular flexibility index (Phi) is 7.35. The minimum atomic E-state index is 0.317. The average Bonchev–Trinajstić information content (AvgIpc) is 2.82. The van der Waals surface area contributed by atoms with Gasteiger partial charge in [-0.25, -0.2) is 0 Å². The monoisotopic (exact) mass is 446 g/mol. The average molecular weight is 447 g/mol. The van der Waals surface area contributed by atoms with E-state index < -0.39 is 0 Å². The van der Waals surface area contributed by atoms with Crippen molar-refractivity contribution >= 4 is 23.2 Å². The first kappa shape index (κ1) is 22.1. The highest BCUT2D eigenvalue weighted by Crippen LogP contribution is 2.42. The fourth-order valence-corrected chi connectivity index (χ4v) is 3.90. The van der Waals surface area contributed by atoms with Crippen LogP contribution < -0.4 is 18.9 Å². The van der Waals surface area contributed by atoms with Crippen LogP contribution in [0.2, 0.25) is 0 Å². The van der Waals surface area contributed by atoms with Gasteiger partial charge in [0.25, 0.3) is 0 Å². The molecule has 4 nitrogen and oxygen atoms in total. The number of ether oxygens (including phenoxy) is 4. The van der Waals surface area contributed by atoms with E-state index in [1.807, 2.05) is 36.4 Å². The number of benzene rings is 3. The minimum absolute atomic E-state index is 0.317. The molecule has 0 aliphatic rings. The molecule has 3 aromatic rings. The van der Waals surface area contributed by atoms with Gasteiger partial charge in [-0.15, -0.1) is 23.2 Å². The van der Waals surface area contributed by atoms with E-state index >= 15 is 0 Å². The van der Waals surface area contributed by atoms with Gasteiger partial charge in [0.15, 0.2) is 0 Å². The predicted octanol–water partition coefficient (Wildman–Crippen LogP) is 6.53. The van der Waals surface area contributed by atoms with E-state index in [4.69, 9.17) is 42.1 Å². The Balaban J connectivity index is 2.28. The van der Waals surface area contributed by atoms with Crippen molar-refractivity contribution in [3.63, 3.8) is 0 Å². The topological polar surface area (TPSA) is 36.9 Å². The summed E-state index contributed by atoms with van der Waals surface area (Å²) >= 11 is 12.8. The van der Waals surface area contributed by atoms with Crippen molar-refractivity contribution in [2.24, 2.45) is 0 Å². The van der Waals surface area contributed by atoms with Crippen molar-refractivity contribution < 1.29 is 18.9 Å². The van der Waals surface area contributed by atoms with Crippen LogP contribution in [-0.2, 0) is 11.8 Å². The molecule has 0 saturated heterocycles. The third-order valence-electron chi connectivity index (χ3n) is 5.01. The van der Waals surface area contributed by atoms with Gasteiger partial charge in [-0.1, -0.05) is 0 Å². The highest BCUT2D eigenvalue weighted by molar-refractivity contribution is 6.18. The first-order valence-corrected chi connectivity index (χ1v) is 10.4. The van der Waals surface area contributed by atoms with Gasteiger partial charge in [0.1, 0.15) is 23.0 Å². The molecule has 0 heterocycles. The van der Waals surface area contributed by atoms with Crippen molar-refractivity contribution in [1.82, 2.24) is 0 Å². The smallest absolute Gasteiger partial charge is 0.126 e. The van der Waals surface area contributed by atoms with Crippen molar-refractivity contribution in [3.05, 3.63) is 59.7 Å². The summed E-state index contributed by atoms with van der Waals surface area (Å²) in [6.45, 7) is 0. The number of alkyl halides is 2. The van der Waals surface area contributed by atoms with E-state index in [1.54, 1.807) is 28.4 Å². The minimum Gasteiger partial charge on any atom is -0.497 e. The molecule has 0 aromatic heterocycles. The number of hydrogen-bond acceptors (Lipinski definition) is 4. The van der Waals surface area contributed by atoms with E-state index in [-0.39, 0.29) is 0 Å². The van der Waals surface area contributed by atoms with Gasteiger partial charge < -0.3 is 18.9 Å². The third-order valence-corrected chi connectivity index (χ3v) is 5.59. The highest BCUT2D eigenvalue weighted by Gasteiger charge is 2.18. The van der Waals surface area contributed by atoms with Crippen LogP contribution in [0.5, 0.6) is 23.0 Å². The second-order valence-corrected chi connectivity index (χ2v) is 7.10. The van der Waals surface area contributed by atoms with Gasteiger partial charge in [-0.05, 0) is 70.8 Å². The van der Waals surface area contributed by atoms with Crippen LogP contribution in [0.15, 0.2) is 48.5 Å². The summed E-state index contributed by atoms with van der Waals surface area (Å²) in [7, 11) is 6.56. The molecule has 0 radical (unpaired) electrons. The quantitative estimate of drug-likeness (QED) is 0.368. The lowest BCUT2D eigenvalue weighted by Crippen LogP contribution is -1.98. The van der Waals surface area contributed by atoms with Gasteiger partial charge in [0.2, 0.25) is 0 Å². The summed E-state index contributed by atoms with van der Waals surface area (Å²) < 4.78 is 22.0. The van der Waals surface area contributed by atoms with Crippen molar-refractivity contribution in [2.45, 2.75) is 11.8 Å². The second kappa shape index (κ2) is 9.96. The standard InChI is InChI=1S/C24H24Cl2O4/c1-27-17-5-7-23(29-3)21(11-17)19-9-16(14-26)20(10-15(19)13-25)22-12-18(28-2)6-8-24(22)30-4/h5-12H,13-14H2,1-4H3. The number of methoxy groups -OCH3 is 4. The van der Waals surface area contributed by atoms with Gasteiger partial charge in [0.05, 0.1) is 28.4 Å². The zero-order valence-corrected chi connectivity index (χ0v) is 18.9. The summed E-state index contributed by atoms with van der Waals surface area (Å²) in [6, 6.07) is 15.5.